The zero-order valence-corrected chi connectivity index (χ0v) is 16.9. The number of benzene rings is 2. The van der Waals surface area contributed by atoms with Crippen molar-refractivity contribution in [2.45, 2.75) is 44.6 Å². The first kappa shape index (κ1) is 19.8. The Bertz CT molecular complexity index is 847. The molecule has 1 aliphatic heterocycles. The van der Waals surface area contributed by atoms with Crippen LogP contribution in [0.4, 0.5) is 0 Å². The molecule has 3 nitrogen and oxygen atoms in total. The molecule has 3 rings (SSSR count). The zero-order chi connectivity index (χ0) is 19.6. The summed E-state index contributed by atoms with van der Waals surface area (Å²) in [6.07, 6.45) is 4.64. The molecule has 1 aliphatic rings. The van der Waals surface area contributed by atoms with Gasteiger partial charge < -0.3 is 9.84 Å². The summed E-state index contributed by atoms with van der Waals surface area (Å²) in [5, 5.41) is 12.4. The predicted octanol–water partition coefficient (Wildman–Crippen LogP) is 4.85. The summed E-state index contributed by atoms with van der Waals surface area (Å²) in [6, 6.07) is 11.0. The number of ether oxygens (including phenoxy) is 1. The molecule has 0 saturated heterocycles. The standard InChI is InChI=1S/C24H31NO2/c1-6-16(15-27-5)23-20(11-12-26)22-17(14-25-23)13-21(24(2,3)4)18-9-7-8-10-19(18)22/h6-10,13-14,16,20,23,26H,1,11-12,15H2,2-5H3. The van der Waals surface area contributed by atoms with Crippen LogP contribution in [0.5, 0.6) is 0 Å². The average molecular weight is 366 g/mol. The van der Waals surface area contributed by atoms with Crippen LogP contribution in [-0.2, 0) is 10.2 Å². The summed E-state index contributed by atoms with van der Waals surface area (Å²) in [6.45, 7) is 11.5. The molecule has 0 radical (unpaired) electrons. The smallest absolute Gasteiger partial charge is 0.0654 e. The molecule has 27 heavy (non-hydrogen) atoms. The maximum Gasteiger partial charge on any atom is 0.0654 e. The summed E-state index contributed by atoms with van der Waals surface area (Å²) >= 11 is 0. The molecule has 2 aromatic carbocycles. The van der Waals surface area contributed by atoms with Gasteiger partial charge in [0.2, 0.25) is 0 Å². The Kier molecular flexibility index (Phi) is 5.83. The number of hydrogen-bond acceptors (Lipinski definition) is 3. The van der Waals surface area contributed by atoms with Crippen molar-refractivity contribution in [1.82, 2.24) is 0 Å². The average Bonchev–Trinajstić information content (AvgIpc) is 2.65. The fourth-order valence-corrected chi connectivity index (χ4v) is 4.36. The van der Waals surface area contributed by atoms with Crippen LogP contribution in [-0.4, -0.2) is 37.7 Å². The van der Waals surface area contributed by atoms with Crippen molar-refractivity contribution in [2.75, 3.05) is 20.3 Å². The van der Waals surface area contributed by atoms with Crippen LogP contribution in [0.3, 0.4) is 0 Å². The monoisotopic (exact) mass is 365 g/mol. The van der Waals surface area contributed by atoms with E-state index in [9.17, 15) is 5.11 Å². The Balaban J connectivity index is 2.24. The predicted molar refractivity (Wildman–Crippen MR) is 114 cm³/mol. The molecule has 0 saturated carbocycles. The van der Waals surface area contributed by atoms with Gasteiger partial charge in [0.25, 0.3) is 0 Å². The molecule has 1 N–H and O–H groups in total. The highest BCUT2D eigenvalue weighted by Crippen LogP contribution is 2.42. The van der Waals surface area contributed by atoms with Crippen LogP contribution >= 0.6 is 0 Å². The maximum atomic E-state index is 9.79. The van der Waals surface area contributed by atoms with Crippen molar-refractivity contribution in [2.24, 2.45) is 10.9 Å². The van der Waals surface area contributed by atoms with Gasteiger partial charge in [-0.15, -0.1) is 6.58 Å². The van der Waals surface area contributed by atoms with E-state index in [1.54, 1.807) is 7.11 Å². The molecule has 144 valence electrons. The van der Waals surface area contributed by atoms with Crippen molar-refractivity contribution in [3.05, 3.63) is 59.7 Å². The fourth-order valence-electron chi connectivity index (χ4n) is 4.36. The lowest BCUT2D eigenvalue weighted by atomic mass is 9.74. The molecule has 0 aliphatic carbocycles. The van der Waals surface area contributed by atoms with E-state index in [1.165, 1.54) is 27.5 Å². The van der Waals surface area contributed by atoms with Gasteiger partial charge in [0.05, 0.1) is 12.6 Å². The van der Waals surface area contributed by atoms with E-state index in [4.69, 9.17) is 9.73 Å². The van der Waals surface area contributed by atoms with Crippen molar-refractivity contribution in [3.63, 3.8) is 0 Å². The third kappa shape index (κ3) is 3.71. The fraction of sp³-hybridized carbons (Fsp3) is 0.458. The van der Waals surface area contributed by atoms with E-state index in [-0.39, 0.29) is 29.9 Å². The lowest BCUT2D eigenvalue weighted by molar-refractivity contribution is 0.149. The van der Waals surface area contributed by atoms with Gasteiger partial charge in [-0.1, -0.05) is 51.1 Å². The summed E-state index contributed by atoms with van der Waals surface area (Å²) in [7, 11) is 1.71. The van der Waals surface area contributed by atoms with Crippen molar-refractivity contribution in [1.29, 1.82) is 0 Å². The molecule has 0 fully saturated rings. The summed E-state index contributed by atoms with van der Waals surface area (Å²) in [5.41, 5.74) is 3.86. The minimum absolute atomic E-state index is 0.0333. The minimum Gasteiger partial charge on any atom is -0.396 e. The number of nitrogens with zero attached hydrogens (tertiary/aromatic N) is 1. The van der Waals surface area contributed by atoms with E-state index in [0.717, 1.165) is 0 Å². The van der Waals surface area contributed by atoms with Gasteiger partial charge in [0.1, 0.15) is 0 Å². The van der Waals surface area contributed by atoms with E-state index in [0.29, 0.717) is 13.0 Å². The van der Waals surface area contributed by atoms with Crippen LogP contribution in [0.15, 0.2) is 48.0 Å². The molecule has 0 bridgehead atoms. The first-order chi connectivity index (χ1) is 12.9. The highest BCUT2D eigenvalue weighted by molar-refractivity contribution is 5.98. The van der Waals surface area contributed by atoms with Gasteiger partial charge >= 0.3 is 0 Å². The molecule has 3 unspecified atom stereocenters. The highest BCUT2D eigenvalue weighted by atomic mass is 16.5. The molecule has 0 spiro atoms. The molecule has 2 aromatic rings. The normalized spacial score (nSPS) is 20.5. The van der Waals surface area contributed by atoms with Crippen molar-refractivity contribution >= 4 is 17.0 Å². The highest BCUT2D eigenvalue weighted by Gasteiger charge is 2.34. The Morgan fingerprint density at radius 1 is 1.26 bits per heavy atom. The second-order valence-electron chi connectivity index (χ2n) is 8.47. The summed E-state index contributed by atoms with van der Waals surface area (Å²) in [5.74, 6) is 0.268. The van der Waals surface area contributed by atoms with Gasteiger partial charge in [-0.2, -0.15) is 0 Å². The third-order valence-electron chi connectivity index (χ3n) is 5.64. The largest absolute Gasteiger partial charge is 0.396 e. The van der Waals surface area contributed by atoms with E-state index in [1.807, 2.05) is 12.3 Å². The number of fused-ring (bicyclic) bond motifs is 3. The SMILES string of the molecule is C=CC(COC)C1N=Cc2cc(C(C)(C)C)c3ccccc3c2C1CCO. The molecule has 3 heteroatoms. The second kappa shape index (κ2) is 7.95. The molecule has 3 atom stereocenters. The van der Waals surface area contributed by atoms with Gasteiger partial charge in [0, 0.05) is 31.8 Å². The number of aliphatic hydroxyl groups excluding tert-OH is 1. The Hall–Kier alpha value is -1.97. The lowest BCUT2D eigenvalue weighted by Gasteiger charge is -2.35. The zero-order valence-electron chi connectivity index (χ0n) is 16.9. The first-order valence-electron chi connectivity index (χ1n) is 9.74. The second-order valence-corrected chi connectivity index (χ2v) is 8.47. The van der Waals surface area contributed by atoms with Crippen LogP contribution in [0.2, 0.25) is 0 Å². The number of aliphatic hydroxyl groups is 1. The van der Waals surface area contributed by atoms with E-state index >= 15 is 0 Å². The van der Waals surface area contributed by atoms with Gasteiger partial charge in [0.15, 0.2) is 0 Å². The van der Waals surface area contributed by atoms with Crippen LogP contribution < -0.4 is 0 Å². The van der Waals surface area contributed by atoms with Crippen molar-refractivity contribution < 1.29 is 9.84 Å². The molecular weight excluding hydrogens is 334 g/mol. The van der Waals surface area contributed by atoms with Crippen LogP contribution in [0, 0.1) is 5.92 Å². The summed E-state index contributed by atoms with van der Waals surface area (Å²) in [4.78, 5) is 4.90. The lowest BCUT2D eigenvalue weighted by Crippen LogP contribution is -2.32. The maximum absolute atomic E-state index is 9.79. The Morgan fingerprint density at radius 3 is 2.56 bits per heavy atom. The van der Waals surface area contributed by atoms with Crippen LogP contribution in [0.25, 0.3) is 10.8 Å². The third-order valence-corrected chi connectivity index (χ3v) is 5.64. The van der Waals surface area contributed by atoms with Gasteiger partial charge in [-0.05, 0) is 45.4 Å². The van der Waals surface area contributed by atoms with Gasteiger partial charge in [-0.3, -0.25) is 4.99 Å². The number of methoxy groups -OCH3 is 1. The van der Waals surface area contributed by atoms with Crippen molar-refractivity contribution in [3.8, 4) is 0 Å². The van der Waals surface area contributed by atoms with E-state index < -0.39 is 0 Å². The molecule has 0 amide bonds. The number of hydrogen-bond donors (Lipinski definition) is 1. The van der Waals surface area contributed by atoms with Crippen LogP contribution in [0.1, 0.15) is 49.8 Å². The topological polar surface area (TPSA) is 41.8 Å². The van der Waals surface area contributed by atoms with Gasteiger partial charge in [-0.25, -0.2) is 0 Å². The minimum atomic E-state index is 0.0333. The van der Waals surface area contributed by atoms with E-state index in [2.05, 4.69) is 57.7 Å². The Morgan fingerprint density at radius 2 is 1.96 bits per heavy atom. The molecule has 1 heterocycles. The first-order valence-corrected chi connectivity index (χ1v) is 9.74. The summed E-state index contributed by atoms with van der Waals surface area (Å²) < 4.78 is 5.41. The molecular formula is C24H31NO2. The quantitative estimate of drug-likeness (QED) is 0.743. The molecule has 0 aromatic heterocycles. The number of rotatable bonds is 6. The Labute approximate surface area is 162 Å². The number of aliphatic imine (C=N–C) groups is 1.